The summed E-state index contributed by atoms with van der Waals surface area (Å²) in [5.41, 5.74) is 7.48. The molecule has 0 spiro atoms. The Bertz CT molecular complexity index is 1970. The monoisotopic (exact) mass is 749 g/mol. The highest BCUT2D eigenvalue weighted by molar-refractivity contribution is 6.32. The maximum atomic E-state index is 13.1. The number of aryl methyl sites for hydroxylation is 1. The first-order chi connectivity index (χ1) is 25.7. The zero-order chi connectivity index (χ0) is 37.2. The van der Waals surface area contributed by atoms with E-state index in [9.17, 15) is 4.79 Å². The molecule has 0 aliphatic carbocycles. The maximum absolute atomic E-state index is 13.1. The lowest BCUT2D eigenvalue weighted by atomic mass is 10.0. The number of piperazine rings is 1. The fourth-order valence-corrected chi connectivity index (χ4v) is 6.56. The topological polar surface area (TPSA) is 64.1 Å². The average Bonchev–Trinajstić information content (AvgIpc) is 3.16. The quantitative estimate of drug-likeness (QED) is 0.105. The van der Waals surface area contributed by atoms with Gasteiger partial charge < -0.3 is 19.1 Å². The third kappa shape index (κ3) is 10.9. The lowest BCUT2D eigenvalue weighted by Crippen LogP contribution is -2.47. The Balaban J connectivity index is 0.925. The molecule has 4 aromatic carbocycles. The molecule has 1 aliphatic rings. The van der Waals surface area contributed by atoms with Crippen molar-refractivity contribution in [2.75, 3.05) is 26.2 Å². The molecule has 1 aromatic heterocycles. The average molecular weight is 751 g/mol. The van der Waals surface area contributed by atoms with Crippen LogP contribution in [0.25, 0.3) is 6.08 Å². The molecule has 53 heavy (non-hydrogen) atoms. The van der Waals surface area contributed by atoms with Crippen LogP contribution in [0.2, 0.25) is 10.0 Å². The number of hydrogen-bond donors (Lipinski definition) is 0. The van der Waals surface area contributed by atoms with Crippen LogP contribution in [0.4, 0.5) is 0 Å². The van der Waals surface area contributed by atoms with E-state index >= 15 is 0 Å². The molecule has 9 heteroatoms. The molecule has 0 atom stereocenters. The second kappa shape index (κ2) is 18.4. The van der Waals surface area contributed by atoms with Crippen molar-refractivity contribution in [3.05, 3.63) is 158 Å². The van der Waals surface area contributed by atoms with Gasteiger partial charge in [-0.3, -0.25) is 9.69 Å². The summed E-state index contributed by atoms with van der Waals surface area (Å²) >= 11 is 12.8. The fourth-order valence-electron chi connectivity index (χ4n) is 6.06. The minimum Gasteiger partial charge on any atom is -0.487 e. The molecule has 1 amide bonds. The molecule has 5 aromatic rings. The molecule has 1 aliphatic heterocycles. The number of halogens is 2. The van der Waals surface area contributed by atoms with Crippen molar-refractivity contribution in [1.82, 2.24) is 14.8 Å². The molecule has 6 rings (SSSR count). The second-order valence-corrected chi connectivity index (χ2v) is 14.4. The molecule has 0 radical (unpaired) electrons. The van der Waals surface area contributed by atoms with E-state index in [1.165, 1.54) is 16.7 Å². The first kappa shape index (κ1) is 38.1. The molecular formula is C44H45Cl2N3O4. The highest BCUT2D eigenvalue weighted by Gasteiger charge is 2.20. The van der Waals surface area contributed by atoms with Gasteiger partial charge in [0.05, 0.1) is 24.4 Å². The van der Waals surface area contributed by atoms with Gasteiger partial charge in [-0.25, -0.2) is 4.98 Å². The van der Waals surface area contributed by atoms with E-state index in [1.54, 1.807) is 36.5 Å². The first-order valence-electron chi connectivity index (χ1n) is 17.9. The Morgan fingerprint density at radius 3 is 2.13 bits per heavy atom. The minimum absolute atomic E-state index is 0.0139. The Morgan fingerprint density at radius 2 is 1.49 bits per heavy atom. The number of amides is 1. The van der Waals surface area contributed by atoms with Crippen molar-refractivity contribution in [2.24, 2.45) is 0 Å². The standard InChI is InChI=1S/C44H45Cl2N3O4/c1-31(2)37-15-12-35(13-16-37)29-51-28-34-10-8-33(9-11-34)27-48-20-22-49(23-21-48)43(50)19-14-36-24-32(3)44(41(46)25-36)53-42-18-17-39(26-47-42)52-30-38-6-4-5-7-40(38)45/h4-19,24-26,31H,20-23,27-30H2,1-3H3. The van der Waals surface area contributed by atoms with Crippen molar-refractivity contribution in [2.45, 2.75) is 53.1 Å². The van der Waals surface area contributed by atoms with E-state index in [2.05, 4.69) is 72.3 Å². The minimum atomic E-state index is -0.0139. The molecule has 1 fully saturated rings. The van der Waals surface area contributed by atoms with Crippen LogP contribution in [0.3, 0.4) is 0 Å². The van der Waals surface area contributed by atoms with Gasteiger partial charge >= 0.3 is 0 Å². The maximum Gasteiger partial charge on any atom is 0.246 e. The van der Waals surface area contributed by atoms with Gasteiger partial charge in [-0.1, -0.05) is 104 Å². The summed E-state index contributed by atoms with van der Waals surface area (Å²) in [6.07, 6.45) is 5.02. The SMILES string of the molecule is Cc1cc(C=CC(=O)N2CCN(Cc3ccc(COCc4ccc(C(C)C)cc4)cc3)CC2)cc(Cl)c1Oc1ccc(OCc2ccccc2Cl)cn1. The molecule has 274 valence electrons. The summed E-state index contributed by atoms with van der Waals surface area (Å²) < 4.78 is 17.8. The van der Waals surface area contributed by atoms with E-state index in [0.717, 1.165) is 41.9 Å². The molecule has 2 heterocycles. The normalized spacial score (nSPS) is 13.5. The molecule has 7 nitrogen and oxygen atoms in total. The summed E-state index contributed by atoms with van der Waals surface area (Å²) in [5.74, 6) is 2.01. The molecular weight excluding hydrogens is 705 g/mol. The highest BCUT2D eigenvalue weighted by atomic mass is 35.5. The predicted molar refractivity (Wildman–Crippen MR) is 213 cm³/mol. The smallest absolute Gasteiger partial charge is 0.246 e. The van der Waals surface area contributed by atoms with Gasteiger partial charge in [-0.05, 0) is 76.6 Å². The van der Waals surface area contributed by atoms with Gasteiger partial charge in [0.25, 0.3) is 0 Å². The van der Waals surface area contributed by atoms with Crippen LogP contribution in [-0.2, 0) is 35.9 Å². The van der Waals surface area contributed by atoms with Gasteiger partial charge in [-0.15, -0.1) is 0 Å². The van der Waals surface area contributed by atoms with Crippen LogP contribution in [0.15, 0.2) is 109 Å². The van der Waals surface area contributed by atoms with Crippen molar-refractivity contribution in [3.63, 3.8) is 0 Å². The van der Waals surface area contributed by atoms with E-state index in [-0.39, 0.29) is 5.91 Å². The number of hydrogen-bond acceptors (Lipinski definition) is 6. The number of nitrogens with zero attached hydrogens (tertiary/aromatic N) is 3. The van der Waals surface area contributed by atoms with Gasteiger partial charge in [0.15, 0.2) is 5.75 Å². The number of benzene rings is 4. The summed E-state index contributed by atoms with van der Waals surface area (Å²) in [4.78, 5) is 21.7. The Hall–Kier alpha value is -4.66. The van der Waals surface area contributed by atoms with Crippen LogP contribution in [0, 0.1) is 6.92 Å². The van der Waals surface area contributed by atoms with E-state index in [1.807, 2.05) is 42.2 Å². The Morgan fingerprint density at radius 1 is 0.811 bits per heavy atom. The summed E-state index contributed by atoms with van der Waals surface area (Å²) in [6.45, 7) is 11.7. The number of ether oxygens (including phenoxy) is 3. The van der Waals surface area contributed by atoms with Gasteiger partial charge in [0.2, 0.25) is 11.8 Å². The van der Waals surface area contributed by atoms with Crippen LogP contribution in [0.1, 0.15) is 58.7 Å². The largest absolute Gasteiger partial charge is 0.487 e. The van der Waals surface area contributed by atoms with Crippen molar-refractivity contribution < 1.29 is 19.0 Å². The number of pyridine rings is 1. The molecule has 0 N–H and O–H groups in total. The third-order valence-electron chi connectivity index (χ3n) is 9.23. The number of aromatic nitrogens is 1. The lowest BCUT2D eigenvalue weighted by molar-refractivity contribution is -0.127. The molecule has 0 saturated carbocycles. The van der Waals surface area contributed by atoms with Crippen molar-refractivity contribution in [1.29, 1.82) is 0 Å². The fraction of sp³-hybridized carbons (Fsp3) is 0.273. The van der Waals surface area contributed by atoms with Crippen LogP contribution in [-0.4, -0.2) is 46.9 Å². The molecule has 0 bridgehead atoms. The van der Waals surface area contributed by atoms with Gasteiger partial charge in [0.1, 0.15) is 12.4 Å². The van der Waals surface area contributed by atoms with Gasteiger partial charge in [-0.2, -0.15) is 0 Å². The number of rotatable bonds is 14. The lowest BCUT2D eigenvalue weighted by Gasteiger charge is -2.34. The third-order valence-corrected chi connectivity index (χ3v) is 9.88. The van der Waals surface area contributed by atoms with Crippen molar-refractivity contribution in [3.8, 4) is 17.4 Å². The Labute approximate surface area is 322 Å². The molecule has 0 unspecified atom stereocenters. The summed E-state index contributed by atoms with van der Waals surface area (Å²) in [7, 11) is 0. The number of carbonyl (C=O) groups is 1. The van der Waals surface area contributed by atoms with Crippen molar-refractivity contribution >= 4 is 35.2 Å². The second-order valence-electron chi connectivity index (χ2n) is 13.6. The summed E-state index contributed by atoms with van der Waals surface area (Å²) in [5, 5.41) is 1.08. The zero-order valence-corrected chi connectivity index (χ0v) is 31.9. The van der Waals surface area contributed by atoms with Crippen LogP contribution >= 0.6 is 23.2 Å². The highest BCUT2D eigenvalue weighted by Crippen LogP contribution is 2.34. The van der Waals surface area contributed by atoms with Crippen LogP contribution < -0.4 is 9.47 Å². The van der Waals surface area contributed by atoms with E-state index in [0.29, 0.717) is 66.3 Å². The predicted octanol–water partition coefficient (Wildman–Crippen LogP) is 10.3. The van der Waals surface area contributed by atoms with Crippen LogP contribution in [0.5, 0.6) is 17.4 Å². The Kier molecular flexibility index (Phi) is 13.2. The first-order valence-corrected chi connectivity index (χ1v) is 18.7. The number of carbonyl (C=O) groups excluding carboxylic acids is 1. The van der Waals surface area contributed by atoms with E-state index < -0.39 is 0 Å². The zero-order valence-electron chi connectivity index (χ0n) is 30.4. The molecule has 1 saturated heterocycles. The van der Waals surface area contributed by atoms with E-state index in [4.69, 9.17) is 37.4 Å². The van der Waals surface area contributed by atoms with Gasteiger partial charge in [0, 0.05) is 55.5 Å². The summed E-state index contributed by atoms with van der Waals surface area (Å²) in [6, 6.07) is 32.1.